The molecule has 2 unspecified atom stereocenters. The Morgan fingerprint density at radius 1 is 1.12 bits per heavy atom. The van der Waals surface area contributed by atoms with E-state index in [0.717, 1.165) is 60.8 Å². The van der Waals surface area contributed by atoms with Gasteiger partial charge in [-0.2, -0.15) is 9.97 Å². The number of hydrogen-bond acceptors (Lipinski definition) is 7. The van der Waals surface area contributed by atoms with E-state index in [0.29, 0.717) is 5.95 Å². The maximum atomic E-state index is 4.78. The van der Waals surface area contributed by atoms with E-state index in [-0.39, 0.29) is 12.1 Å². The van der Waals surface area contributed by atoms with Gasteiger partial charge in [0.2, 0.25) is 5.95 Å². The van der Waals surface area contributed by atoms with Crippen LogP contribution in [0.15, 0.2) is 61.5 Å². The monoisotopic (exact) mass is 446 g/mol. The molecule has 0 radical (unpaired) electrons. The Balaban J connectivity index is 1.45. The molecule has 174 valence electrons. The van der Waals surface area contributed by atoms with Crippen LogP contribution in [0.3, 0.4) is 0 Å². The summed E-state index contributed by atoms with van der Waals surface area (Å²) in [6.07, 6.45) is 4.52. The zero-order chi connectivity index (χ0) is 23.2. The molecule has 1 aliphatic heterocycles. The van der Waals surface area contributed by atoms with Crippen molar-refractivity contribution < 1.29 is 0 Å². The number of nitrogens with zero attached hydrogens (tertiary/aromatic N) is 3. The third-order valence-electron chi connectivity index (χ3n) is 5.79. The zero-order valence-electron chi connectivity index (χ0n) is 19.5. The Kier molecular flexibility index (Phi) is 7.14. The number of fused-ring (bicyclic) bond motifs is 1. The van der Waals surface area contributed by atoms with Gasteiger partial charge in [-0.1, -0.05) is 13.2 Å². The zero-order valence-corrected chi connectivity index (χ0v) is 19.5. The first-order chi connectivity index (χ1) is 16.0. The smallest absolute Gasteiger partial charge is 0.231 e. The molecule has 3 aromatic rings. The molecule has 2 atom stereocenters. The second-order valence-electron chi connectivity index (χ2n) is 8.60. The second kappa shape index (κ2) is 10.4. The van der Waals surface area contributed by atoms with Crippen LogP contribution in [-0.2, 0) is 0 Å². The number of H-pyrrole nitrogens is 1. The van der Waals surface area contributed by atoms with Crippen molar-refractivity contribution in [3.63, 3.8) is 0 Å². The largest absolute Gasteiger partial charge is 0.383 e. The van der Waals surface area contributed by atoms with Crippen LogP contribution in [0, 0.1) is 0 Å². The summed E-state index contributed by atoms with van der Waals surface area (Å²) >= 11 is 0. The quantitative estimate of drug-likeness (QED) is 0.301. The molecular weight excluding hydrogens is 412 g/mol. The lowest BCUT2D eigenvalue weighted by Gasteiger charge is -2.29. The standard InChI is InChI=1S/C25H34N8/c1-5-17(2)28-18(3)16-19(4)29-24-22-10-11-27-23(22)31-25(32-24)30-20-6-8-21(9-7-20)33-14-12-26-13-15-33/h5-11,18-19,26,28H,1-2,12-16H2,3-4H3,(H3,27,29,30,31,32). The van der Waals surface area contributed by atoms with Crippen molar-refractivity contribution in [2.75, 3.05) is 41.7 Å². The van der Waals surface area contributed by atoms with Gasteiger partial charge < -0.3 is 31.2 Å². The van der Waals surface area contributed by atoms with Crippen molar-refractivity contribution in [3.05, 3.63) is 61.5 Å². The summed E-state index contributed by atoms with van der Waals surface area (Å²) in [5, 5.41) is 14.6. The van der Waals surface area contributed by atoms with E-state index in [1.807, 2.05) is 12.3 Å². The van der Waals surface area contributed by atoms with Crippen molar-refractivity contribution in [2.45, 2.75) is 32.4 Å². The number of allylic oxidation sites excluding steroid dienone is 1. The van der Waals surface area contributed by atoms with Crippen molar-refractivity contribution in [3.8, 4) is 0 Å². The fourth-order valence-electron chi connectivity index (χ4n) is 4.17. The Morgan fingerprint density at radius 2 is 1.88 bits per heavy atom. The average molecular weight is 447 g/mol. The minimum atomic E-state index is 0.198. The van der Waals surface area contributed by atoms with E-state index in [4.69, 9.17) is 4.98 Å². The lowest BCUT2D eigenvalue weighted by molar-refractivity contribution is 0.537. The molecule has 3 heterocycles. The molecule has 8 nitrogen and oxygen atoms in total. The molecule has 1 aliphatic rings. The van der Waals surface area contributed by atoms with E-state index < -0.39 is 0 Å². The average Bonchev–Trinajstić information content (AvgIpc) is 3.29. The highest BCUT2D eigenvalue weighted by atomic mass is 15.2. The number of aromatic nitrogens is 3. The van der Waals surface area contributed by atoms with Crippen LogP contribution in [0.2, 0.25) is 0 Å². The van der Waals surface area contributed by atoms with Gasteiger partial charge in [-0.3, -0.25) is 0 Å². The van der Waals surface area contributed by atoms with Crippen LogP contribution >= 0.6 is 0 Å². The molecule has 0 aliphatic carbocycles. The van der Waals surface area contributed by atoms with E-state index in [9.17, 15) is 0 Å². The number of hydrogen-bond donors (Lipinski definition) is 5. The minimum Gasteiger partial charge on any atom is -0.383 e. The Labute approximate surface area is 195 Å². The topological polar surface area (TPSA) is 92.9 Å². The highest BCUT2D eigenvalue weighted by Crippen LogP contribution is 2.25. The van der Waals surface area contributed by atoms with Crippen LogP contribution in [0.5, 0.6) is 0 Å². The van der Waals surface area contributed by atoms with Gasteiger partial charge in [0.15, 0.2) is 0 Å². The molecular formula is C25H34N8. The highest BCUT2D eigenvalue weighted by Gasteiger charge is 2.14. The first-order valence-corrected chi connectivity index (χ1v) is 11.5. The molecule has 4 rings (SSSR count). The van der Waals surface area contributed by atoms with E-state index in [2.05, 4.69) is 87.4 Å². The summed E-state index contributed by atoms with van der Waals surface area (Å²) in [5.41, 5.74) is 3.82. The Morgan fingerprint density at radius 3 is 2.61 bits per heavy atom. The molecule has 5 N–H and O–H groups in total. The van der Waals surface area contributed by atoms with E-state index in [1.165, 1.54) is 5.69 Å². The third kappa shape index (κ3) is 5.84. The lowest BCUT2D eigenvalue weighted by Crippen LogP contribution is -2.43. The SMILES string of the molecule is C=CC(=C)NC(C)CC(C)Nc1nc(Nc2ccc(N3CCNCC3)cc2)nc2[nH]ccc12. The number of nitrogens with one attached hydrogen (secondary N) is 5. The van der Waals surface area contributed by atoms with E-state index >= 15 is 0 Å². The molecule has 1 saturated heterocycles. The van der Waals surface area contributed by atoms with Crippen molar-refractivity contribution >= 4 is 34.2 Å². The van der Waals surface area contributed by atoms with Crippen LogP contribution in [0.4, 0.5) is 23.1 Å². The maximum absolute atomic E-state index is 4.78. The molecule has 0 saturated carbocycles. The van der Waals surface area contributed by atoms with Crippen molar-refractivity contribution in [1.29, 1.82) is 0 Å². The summed E-state index contributed by atoms with van der Waals surface area (Å²) < 4.78 is 0. The van der Waals surface area contributed by atoms with Crippen molar-refractivity contribution in [1.82, 2.24) is 25.6 Å². The number of rotatable bonds is 10. The van der Waals surface area contributed by atoms with Crippen LogP contribution in [0.25, 0.3) is 11.0 Å². The summed E-state index contributed by atoms with van der Waals surface area (Å²) in [6, 6.07) is 10.9. The number of anilines is 4. The van der Waals surface area contributed by atoms with Gasteiger partial charge in [0.25, 0.3) is 0 Å². The molecule has 2 aromatic heterocycles. The summed E-state index contributed by atoms with van der Waals surface area (Å²) in [6.45, 7) is 16.1. The fourth-order valence-corrected chi connectivity index (χ4v) is 4.17. The van der Waals surface area contributed by atoms with Gasteiger partial charge in [-0.15, -0.1) is 0 Å². The van der Waals surface area contributed by atoms with Gasteiger partial charge in [-0.05, 0) is 56.7 Å². The van der Waals surface area contributed by atoms with Crippen LogP contribution < -0.4 is 26.2 Å². The summed E-state index contributed by atoms with van der Waals surface area (Å²) in [5.74, 6) is 1.37. The van der Waals surface area contributed by atoms with Crippen molar-refractivity contribution in [2.24, 2.45) is 0 Å². The van der Waals surface area contributed by atoms with Gasteiger partial charge in [0.05, 0.1) is 5.39 Å². The van der Waals surface area contributed by atoms with Crippen LogP contribution in [0.1, 0.15) is 20.3 Å². The Hall–Kier alpha value is -3.52. The predicted octanol–water partition coefficient (Wildman–Crippen LogP) is 3.98. The molecule has 0 amide bonds. The summed E-state index contributed by atoms with van der Waals surface area (Å²) in [7, 11) is 0. The molecule has 0 spiro atoms. The van der Waals surface area contributed by atoms with Gasteiger partial charge in [0, 0.05) is 61.5 Å². The summed E-state index contributed by atoms with van der Waals surface area (Å²) in [4.78, 5) is 15.0. The molecule has 33 heavy (non-hydrogen) atoms. The van der Waals surface area contributed by atoms with Gasteiger partial charge in [0.1, 0.15) is 11.5 Å². The Bertz CT molecular complexity index is 1080. The number of piperazine rings is 1. The maximum Gasteiger partial charge on any atom is 0.231 e. The normalized spacial score (nSPS) is 15.6. The third-order valence-corrected chi connectivity index (χ3v) is 5.79. The first-order valence-electron chi connectivity index (χ1n) is 11.5. The highest BCUT2D eigenvalue weighted by molar-refractivity contribution is 5.88. The van der Waals surface area contributed by atoms with E-state index in [1.54, 1.807) is 6.08 Å². The molecule has 1 fully saturated rings. The van der Waals surface area contributed by atoms with Gasteiger partial charge in [-0.25, -0.2) is 0 Å². The van der Waals surface area contributed by atoms with Crippen LogP contribution in [-0.4, -0.2) is 53.2 Å². The minimum absolute atomic E-state index is 0.198. The second-order valence-corrected chi connectivity index (χ2v) is 8.60. The first kappa shape index (κ1) is 22.7. The molecule has 8 heteroatoms. The number of aromatic amines is 1. The lowest BCUT2D eigenvalue weighted by atomic mass is 10.1. The molecule has 1 aromatic carbocycles. The fraction of sp³-hybridized carbons (Fsp3) is 0.360. The molecule has 0 bridgehead atoms. The van der Waals surface area contributed by atoms with Gasteiger partial charge >= 0.3 is 0 Å². The number of benzene rings is 1. The predicted molar refractivity (Wildman–Crippen MR) is 138 cm³/mol.